The Kier molecular flexibility index (Phi) is 4.76. The Bertz CT molecular complexity index is 899. The molecular formula is C21H27N3O5. The first-order chi connectivity index (χ1) is 13.7. The van der Waals surface area contributed by atoms with Crippen LogP contribution in [0, 0.1) is 25.7 Å². The summed E-state index contributed by atoms with van der Waals surface area (Å²) >= 11 is 0. The van der Waals surface area contributed by atoms with Crippen molar-refractivity contribution < 1.29 is 24.2 Å². The third-order valence-electron chi connectivity index (χ3n) is 6.44. The number of hydrogen-bond acceptors (Lipinski definition) is 6. The quantitative estimate of drug-likeness (QED) is 0.488. The molecule has 3 aliphatic rings. The number of fused-ring (bicyclic) bond motifs is 4. The molecule has 1 aromatic carbocycles. The van der Waals surface area contributed by atoms with Gasteiger partial charge in [0, 0.05) is 37.6 Å². The SMILES string of the molecule is COCCCN1C(=O)[C@@H]2C(C(C)O)NC3(C(=O)Nc4c(C)cc(C)cc43)[C@@H]2C1=O. The van der Waals surface area contributed by atoms with Crippen LogP contribution in [-0.4, -0.2) is 60.1 Å². The molecule has 4 rings (SSSR count). The summed E-state index contributed by atoms with van der Waals surface area (Å²) in [6, 6.07) is 3.16. The van der Waals surface area contributed by atoms with Crippen LogP contribution in [0.2, 0.25) is 0 Å². The Morgan fingerprint density at radius 2 is 1.97 bits per heavy atom. The molecule has 3 amide bonds. The Hall–Kier alpha value is -2.29. The minimum atomic E-state index is -1.36. The van der Waals surface area contributed by atoms with Crippen molar-refractivity contribution >= 4 is 23.4 Å². The molecule has 8 heteroatoms. The van der Waals surface area contributed by atoms with Gasteiger partial charge in [-0.3, -0.25) is 24.6 Å². The highest BCUT2D eigenvalue weighted by atomic mass is 16.5. The lowest BCUT2D eigenvalue weighted by atomic mass is 9.75. The second kappa shape index (κ2) is 6.90. The first kappa shape index (κ1) is 20.0. The number of nitrogens with zero attached hydrogens (tertiary/aromatic N) is 1. The number of rotatable bonds is 5. The van der Waals surface area contributed by atoms with E-state index >= 15 is 0 Å². The van der Waals surface area contributed by atoms with Crippen molar-refractivity contribution in [2.75, 3.05) is 25.6 Å². The maximum Gasteiger partial charge on any atom is 0.250 e. The molecule has 0 bridgehead atoms. The average Bonchev–Trinajstić information content (AvgIpc) is 3.24. The second-order valence-electron chi connectivity index (χ2n) is 8.36. The van der Waals surface area contributed by atoms with Crippen LogP contribution in [-0.2, 0) is 24.7 Å². The Balaban J connectivity index is 1.84. The van der Waals surface area contributed by atoms with E-state index in [4.69, 9.17) is 4.74 Å². The normalized spacial score (nSPS) is 31.4. The predicted octanol–water partition coefficient (Wildman–Crippen LogP) is 0.441. The highest BCUT2D eigenvalue weighted by Gasteiger charge is 2.71. The van der Waals surface area contributed by atoms with Gasteiger partial charge < -0.3 is 15.2 Å². The van der Waals surface area contributed by atoms with Gasteiger partial charge in [-0.05, 0) is 32.8 Å². The number of imide groups is 1. The van der Waals surface area contributed by atoms with Gasteiger partial charge >= 0.3 is 0 Å². The molecule has 3 aliphatic heterocycles. The van der Waals surface area contributed by atoms with Crippen molar-refractivity contribution in [3.63, 3.8) is 0 Å². The maximum atomic E-state index is 13.4. The Labute approximate surface area is 169 Å². The maximum absolute atomic E-state index is 13.4. The molecule has 3 heterocycles. The first-order valence-corrected chi connectivity index (χ1v) is 9.97. The molecule has 1 spiro atoms. The van der Waals surface area contributed by atoms with Crippen LogP contribution >= 0.6 is 0 Å². The third kappa shape index (κ3) is 2.66. The van der Waals surface area contributed by atoms with E-state index in [9.17, 15) is 19.5 Å². The molecule has 0 radical (unpaired) electrons. The van der Waals surface area contributed by atoms with Crippen LogP contribution < -0.4 is 10.6 Å². The lowest BCUT2D eigenvalue weighted by Crippen LogP contribution is -2.54. The fraction of sp³-hybridized carbons (Fsp3) is 0.571. The average molecular weight is 401 g/mol. The molecule has 156 valence electrons. The number of likely N-dealkylation sites (tertiary alicyclic amines) is 1. The third-order valence-corrected chi connectivity index (χ3v) is 6.44. The van der Waals surface area contributed by atoms with Gasteiger partial charge in [-0.15, -0.1) is 0 Å². The van der Waals surface area contributed by atoms with Crippen LogP contribution in [0.4, 0.5) is 5.69 Å². The van der Waals surface area contributed by atoms with Gasteiger partial charge in [0.1, 0.15) is 5.54 Å². The van der Waals surface area contributed by atoms with E-state index in [2.05, 4.69) is 10.6 Å². The molecule has 3 N–H and O–H groups in total. The van der Waals surface area contributed by atoms with Crippen LogP contribution in [0.25, 0.3) is 0 Å². The van der Waals surface area contributed by atoms with Gasteiger partial charge in [-0.2, -0.15) is 0 Å². The van der Waals surface area contributed by atoms with Crippen molar-refractivity contribution in [3.8, 4) is 0 Å². The molecule has 2 saturated heterocycles. The number of anilines is 1. The van der Waals surface area contributed by atoms with E-state index in [0.717, 1.165) is 11.1 Å². The van der Waals surface area contributed by atoms with E-state index in [1.165, 1.54) is 4.90 Å². The van der Waals surface area contributed by atoms with Gasteiger partial charge in [-0.25, -0.2) is 0 Å². The highest BCUT2D eigenvalue weighted by Crippen LogP contribution is 2.54. The van der Waals surface area contributed by atoms with E-state index in [1.807, 2.05) is 26.0 Å². The summed E-state index contributed by atoms with van der Waals surface area (Å²) in [5.74, 6) is -2.73. The second-order valence-corrected chi connectivity index (χ2v) is 8.36. The van der Waals surface area contributed by atoms with Gasteiger partial charge in [0.2, 0.25) is 17.7 Å². The summed E-state index contributed by atoms with van der Waals surface area (Å²) in [4.78, 5) is 41.1. The van der Waals surface area contributed by atoms with E-state index in [1.54, 1.807) is 14.0 Å². The topological polar surface area (TPSA) is 108 Å². The molecule has 0 aromatic heterocycles. The fourth-order valence-electron chi connectivity index (χ4n) is 5.25. The number of benzene rings is 1. The highest BCUT2D eigenvalue weighted by molar-refractivity contribution is 6.15. The van der Waals surface area contributed by atoms with Crippen LogP contribution in [0.1, 0.15) is 30.0 Å². The largest absolute Gasteiger partial charge is 0.392 e. The minimum absolute atomic E-state index is 0.239. The van der Waals surface area contributed by atoms with Crippen molar-refractivity contribution in [3.05, 3.63) is 28.8 Å². The molecule has 1 aromatic rings. The van der Waals surface area contributed by atoms with E-state index in [-0.39, 0.29) is 24.3 Å². The predicted molar refractivity (Wildman–Crippen MR) is 105 cm³/mol. The lowest BCUT2D eigenvalue weighted by Gasteiger charge is -2.30. The Morgan fingerprint density at radius 3 is 2.62 bits per heavy atom. The zero-order valence-electron chi connectivity index (χ0n) is 17.1. The number of aliphatic hydroxyl groups excluding tert-OH is 1. The monoisotopic (exact) mass is 401 g/mol. The van der Waals surface area contributed by atoms with Crippen LogP contribution in [0.5, 0.6) is 0 Å². The molecule has 0 saturated carbocycles. The number of nitrogens with one attached hydrogen (secondary N) is 2. The van der Waals surface area contributed by atoms with Gasteiger partial charge in [0.05, 0.1) is 17.9 Å². The van der Waals surface area contributed by atoms with Crippen molar-refractivity contribution in [1.82, 2.24) is 10.2 Å². The first-order valence-electron chi connectivity index (χ1n) is 9.97. The molecule has 2 fully saturated rings. The minimum Gasteiger partial charge on any atom is -0.392 e. The van der Waals surface area contributed by atoms with Gasteiger partial charge in [0.15, 0.2) is 0 Å². The fourth-order valence-corrected chi connectivity index (χ4v) is 5.25. The summed E-state index contributed by atoms with van der Waals surface area (Å²) in [7, 11) is 1.56. The summed E-state index contributed by atoms with van der Waals surface area (Å²) in [6.07, 6.45) is -0.380. The van der Waals surface area contributed by atoms with Crippen molar-refractivity contribution in [2.24, 2.45) is 11.8 Å². The smallest absolute Gasteiger partial charge is 0.250 e. The zero-order valence-corrected chi connectivity index (χ0v) is 17.1. The van der Waals surface area contributed by atoms with E-state index < -0.39 is 29.5 Å². The summed E-state index contributed by atoms with van der Waals surface area (Å²) in [6.45, 7) is 6.08. The molecule has 0 aliphatic carbocycles. The number of aliphatic hydroxyl groups is 1. The van der Waals surface area contributed by atoms with Crippen LogP contribution in [0.15, 0.2) is 12.1 Å². The molecular weight excluding hydrogens is 374 g/mol. The standard InChI is InChI=1S/C21H27N3O5/c1-10-8-11(2)16-13(9-10)21(20(28)22-16)15-14(17(23-21)12(3)25)18(26)24(19(15)27)6-5-7-29-4/h8-9,12,14-15,17,23,25H,5-7H2,1-4H3,(H,22,28)/t12?,14-,15-,17?,21?/m0/s1. The van der Waals surface area contributed by atoms with Crippen molar-refractivity contribution in [2.45, 2.75) is 44.9 Å². The molecule has 3 unspecified atom stereocenters. The number of amides is 3. The summed E-state index contributed by atoms with van der Waals surface area (Å²) < 4.78 is 5.04. The number of carbonyl (C=O) groups is 3. The number of carbonyl (C=O) groups excluding carboxylic acids is 3. The zero-order chi connectivity index (χ0) is 21.1. The Morgan fingerprint density at radius 1 is 1.24 bits per heavy atom. The molecule has 5 atom stereocenters. The van der Waals surface area contributed by atoms with Crippen LogP contribution in [0.3, 0.4) is 0 Å². The number of ether oxygens (including phenoxy) is 1. The summed E-state index contributed by atoms with van der Waals surface area (Å²) in [5, 5.41) is 16.5. The number of methoxy groups -OCH3 is 1. The van der Waals surface area contributed by atoms with Gasteiger partial charge in [-0.1, -0.05) is 17.7 Å². The van der Waals surface area contributed by atoms with Gasteiger partial charge in [0.25, 0.3) is 0 Å². The lowest BCUT2D eigenvalue weighted by molar-refractivity contribution is -0.143. The van der Waals surface area contributed by atoms with Crippen molar-refractivity contribution in [1.29, 1.82) is 0 Å². The number of hydrogen-bond donors (Lipinski definition) is 3. The number of aryl methyl sites for hydroxylation is 2. The van der Waals surface area contributed by atoms with E-state index in [0.29, 0.717) is 24.3 Å². The molecule has 29 heavy (non-hydrogen) atoms. The molecule has 8 nitrogen and oxygen atoms in total. The summed E-state index contributed by atoms with van der Waals surface area (Å²) in [5.41, 5.74) is 1.86.